The highest BCUT2D eigenvalue weighted by Crippen LogP contribution is 2.40. The highest BCUT2D eigenvalue weighted by Gasteiger charge is 2.32. The van der Waals surface area contributed by atoms with Crippen LogP contribution in [-0.2, 0) is 4.74 Å². The molecule has 1 fully saturated rings. The number of benzene rings is 2. The van der Waals surface area contributed by atoms with Crippen LogP contribution in [-0.4, -0.2) is 23.5 Å². The fourth-order valence-corrected chi connectivity index (χ4v) is 2.82. The minimum absolute atomic E-state index is 0.248. The monoisotopic (exact) mass is 347 g/mol. The van der Waals surface area contributed by atoms with Gasteiger partial charge in [-0.1, -0.05) is 59.8 Å². The van der Waals surface area contributed by atoms with Crippen LogP contribution in [0.2, 0.25) is 0 Å². The molecule has 2 aromatic carbocycles. The van der Waals surface area contributed by atoms with Gasteiger partial charge in [0.2, 0.25) is 0 Å². The van der Waals surface area contributed by atoms with Crippen LogP contribution < -0.4 is 0 Å². The van der Waals surface area contributed by atoms with E-state index >= 15 is 0 Å². The van der Waals surface area contributed by atoms with E-state index in [9.17, 15) is 9.59 Å². The van der Waals surface area contributed by atoms with E-state index in [1.54, 1.807) is 12.1 Å². The smallest absolute Gasteiger partial charge is 0.343 e. The van der Waals surface area contributed by atoms with E-state index in [-0.39, 0.29) is 18.3 Å². The van der Waals surface area contributed by atoms with Crippen molar-refractivity contribution in [2.24, 2.45) is 0 Å². The summed E-state index contributed by atoms with van der Waals surface area (Å²) in [6.45, 7) is -0.307. The Kier molecular flexibility index (Phi) is 4.35. The number of hydrogen-bond donors (Lipinski definition) is 0. The lowest BCUT2D eigenvalue weighted by atomic mass is 10.0. The summed E-state index contributed by atoms with van der Waals surface area (Å²) in [7, 11) is 0. The van der Waals surface area contributed by atoms with Gasteiger partial charge in [-0.2, -0.15) is 0 Å². The molecule has 1 aliphatic carbocycles. The molecule has 1 saturated carbocycles. The van der Waals surface area contributed by atoms with E-state index in [4.69, 9.17) is 9.26 Å². The zero-order chi connectivity index (χ0) is 17.9. The van der Waals surface area contributed by atoms with Crippen molar-refractivity contribution in [2.75, 3.05) is 6.61 Å². The maximum atomic E-state index is 12.3. The summed E-state index contributed by atoms with van der Waals surface area (Å²) in [5.74, 6) is -0.540. The van der Waals surface area contributed by atoms with Gasteiger partial charge in [-0.3, -0.25) is 4.79 Å². The second-order valence-corrected chi connectivity index (χ2v) is 6.33. The summed E-state index contributed by atoms with van der Waals surface area (Å²) in [4.78, 5) is 24.4. The minimum Gasteiger partial charge on any atom is -0.454 e. The molecule has 1 aliphatic rings. The number of Topliss-reactive ketones (excluding diaryl/α,β-unsaturated/α-hetero) is 1. The Labute approximate surface area is 150 Å². The van der Waals surface area contributed by atoms with Crippen LogP contribution in [0.5, 0.6) is 0 Å². The Bertz CT molecular complexity index is 924. The molecule has 130 valence electrons. The number of carbonyl (C=O) groups is 2. The number of aromatic nitrogens is 1. The molecule has 0 saturated heterocycles. The van der Waals surface area contributed by atoms with Gasteiger partial charge in [0, 0.05) is 11.5 Å². The van der Waals surface area contributed by atoms with Gasteiger partial charge in [0.05, 0.1) is 0 Å². The molecule has 1 heterocycles. The van der Waals surface area contributed by atoms with Crippen LogP contribution in [0.4, 0.5) is 0 Å². The molecule has 3 aromatic rings. The van der Waals surface area contributed by atoms with Gasteiger partial charge in [-0.25, -0.2) is 4.79 Å². The summed E-state index contributed by atoms with van der Waals surface area (Å²) >= 11 is 0. The Hall–Kier alpha value is -3.21. The SMILES string of the molecule is O=C(COC(=O)c1conc1C1CC1)c1ccc(-c2ccccc2)cc1. The fraction of sp³-hybridized carbons (Fsp3) is 0.190. The lowest BCUT2D eigenvalue weighted by Crippen LogP contribution is -2.14. The molecule has 0 spiro atoms. The van der Waals surface area contributed by atoms with Crippen molar-refractivity contribution in [1.29, 1.82) is 0 Å². The largest absolute Gasteiger partial charge is 0.454 e. The van der Waals surface area contributed by atoms with Crippen LogP contribution in [0.15, 0.2) is 65.4 Å². The maximum Gasteiger partial charge on any atom is 0.343 e. The first-order valence-electron chi connectivity index (χ1n) is 8.52. The first kappa shape index (κ1) is 16.3. The first-order chi connectivity index (χ1) is 12.7. The molecule has 1 aromatic heterocycles. The van der Waals surface area contributed by atoms with E-state index in [1.807, 2.05) is 42.5 Å². The van der Waals surface area contributed by atoms with Crippen LogP contribution in [0.3, 0.4) is 0 Å². The normalized spacial score (nSPS) is 13.4. The number of nitrogens with zero attached hydrogens (tertiary/aromatic N) is 1. The molecular formula is C21H17NO4. The van der Waals surface area contributed by atoms with Gasteiger partial charge in [0.1, 0.15) is 17.5 Å². The Balaban J connectivity index is 1.39. The highest BCUT2D eigenvalue weighted by molar-refractivity contribution is 5.99. The second-order valence-electron chi connectivity index (χ2n) is 6.33. The summed E-state index contributed by atoms with van der Waals surface area (Å²) in [6.07, 6.45) is 3.29. The van der Waals surface area contributed by atoms with Crippen LogP contribution in [0, 0.1) is 0 Å². The molecule has 0 N–H and O–H groups in total. The number of carbonyl (C=O) groups excluding carboxylic acids is 2. The Morgan fingerprint density at radius 2 is 1.69 bits per heavy atom. The average molecular weight is 347 g/mol. The second kappa shape index (κ2) is 6.96. The van der Waals surface area contributed by atoms with Gasteiger partial charge in [0.25, 0.3) is 0 Å². The minimum atomic E-state index is -0.567. The van der Waals surface area contributed by atoms with Crippen LogP contribution in [0.1, 0.15) is 45.2 Å². The summed E-state index contributed by atoms with van der Waals surface area (Å²) in [6, 6.07) is 17.2. The number of esters is 1. The molecule has 0 amide bonds. The summed E-state index contributed by atoms with van der Waals surface area (Å²) in [5, 5.41) is 3.86. The van der Waals surface area contributed by atoms with Crippen molar-refractivity contribution in [2.45, 2.75) is 18.8 Å². The van der Waals surface area contributed by atoms with Gasteiger partial charge in [-0.15, -0.1) is 0 Å². The van der Waals surface area contributed by atoms with Crippen molar-refractivity contribution in [3.8, 4) is 11.1 Å². The lowest BCUT2D eigenvalue weighted by molar-refractivity contribution is 0.0473. The predicted molar refractivity (Wildman–Crippen MR) is 95.0 cm³/mol. The topological polar surface area (TPSA) is 69.4 Å². The Morgan fingerprint density at radius 1 is 1.00 bits per heavy atom. The van der Waals surface area contributed by atoms with Crippen LogP contribution >= 0.6 is 0 Å². The van der Waals surface area contributed by atoms with Crippen molar-refractivity contribution in [1.82, 2.24) is 5.16 Å². The number of ketones is 1. The molecule has 5 heteroatoms. The highest BCUT2D eigenvalue weighted by atomic mass is 16.5. The number of hydrogen-bond acceptors (Lipinski definition) is 5. The third-order valence-corrected chi connectivity index (χ3v) is 4.43. The zero-order valence-corrected chi connectivity index (χ0v) is 14.1. The van der Waals surface area contributed by atoms with E-state index in [0.717, 1.165) is 24.0 Å². The van der Waals surface area contributed by atoms with Crippen molar-refractivity contribution >= 4 is 11.8 Å². The van der Waals surface area contributed by atoms with E-state index in [2.05, 4.69) is 5.16 Å². The number of rotatable bonds is 6. The van der Waals surface area contributed by atoms with E-state index < -0.39 is 5.97 Å². The fourth-order valence-electron chi connectivity index (χ4n) is 2.82. The van der Waals surface area contributed by atoms with Crippen molar-refractivity contribution in [3.63, 3.8) is 0 Å². The van der Waals surface area contributed by atoms with Gasteiger partial charge in [-0.05, 0) is 24.0 Å². The summed E-state index contributed by atoms with van der Waals surface area (Å²) in [5.41, 5.74) is 3.57. The summed E-state index contributed by atoms with van der Waals surface area (Å²) < 4.78 is 10.0. The number of ether oxygens (including phenoxy) is 1. The third-order valence-electron chi connectivity index (χ3n) is 4.43. The van der Waals surface area contributed by atoms with E-state index in [0.29, 0.717) is 16.8 Å². The first-order valence-corrected chi connectivity index (χ1v) is 8.52. The van der Waals surface area contributed by atoms with Crippen molar-refractivity contribution < 1.29 is 18.8 Å². The molecule has 0 unspecified atom stereocenters. The van der Waals surface area contributed by atoms with Gasteiger partial charge >= 0.3 is 5.97 Å². The average Bonchev–Trinajstić information content (AvgIpc) is 3.43. The molecule has 0 radical (unpaired) electrons. The zero-order valence-electron chi connectivity index (χ0n) is 14.1. The molecule has 0 bridgehead atoms. The molecule has 4 rings (SSSR count). The quantitative estimate of drug-likeness (QED) is 0.492. The standard InChI is InChI=1S/C21H17NO4/c23-19(13-25-21(24)18-12-26-22-20(18)17-10-11-17)16-8-6-15(7-9-16)14-4-2-1-3-5-14/h1-9,12,17H,10-11,13H2. The molecule has 0 aliphatic heterocycles. The van der Waals surface area contributed by atoms with Crippen molar-refractivity contribution in [3.05, 3.63) is 77.7 Å². The third kappa shape index (κ3) is 3.42. The molecule has 26 heavy (non-hydrogen) atoms. The van der Waals surface area contributed by atoms with Gasteiger partial charge < -0.3 is 9.26 Å². The molecule has 5 nitrogen and oxygen atoms in total. The van der Waals surface area contributed by atoms with Crippen LogP contribution in [0.25, 0.3) is 11.1 Å². The maximum absolute atomic E-state index is 12.3. The lowest BCUT2D eigenvalue weighted by Gasteiger charge is -2.05. The predicted octanol–water partition coefficient (Wildman–Crippen LogP) is 4.26. The van der Waals surface area contributed by atoms with Gasteiger partial charge in [0.15, 0.2) is 12.4 Å². The van der Waals surface area contributed by atoms with E-state index in [1.165, 1.54) is 6.26 Å². The Morgan fingerprint density at radius 3 is 2.38 bits per heavy atom. The molecule has 0 atom stereocenters. The molecular weight excluding hydrogens is 330 g/mol.